The molecule has 1 aliphatic heterocycles. The highest BCUT2D eigenvalue weighted by Crippen LogP contribution is 2.35. The predicted molar refractivity (Wildman–Crippen MR) is 194 cm³/mol. The molecule has 258 valence electrons. The summed E-state index contributed by atoms with van der Waals surface area (Å²) in [7, 11) is 3.27. The SMILES string of the molecule is COc1cc(C=C2O[C@H](COCc3ccccc3)[C@@H](OCc3ccccc3)[C@H](OCc3ccccc3)[C@H]2OCc2ccccc2)cc(OC)c1. The van der Waals surface area contributed by atoms with E-state index in [4.69, 9.17) is 33.2 Å². The smallest absolute Gasteiger partial charge is 0.150 e. The zero-order chi connectivity index (χ0) is 34.4. The van der Waals surface area contributed by atoms with Crippen molar-refractivity contribution in [2.45, 2.75) is 50.8 Å². The Bertz CT molecular complexity index is 1720. The molecule has 4 atom stereocenters. The molecule has 6 rings (SSSR count). The lowest BCUT2D eigenvalue weighted by Gasteiger charge is -2.43. The number of hydrogen-bond donors (Lipinski definition) is 0. The van der Waals surface area contributed by atoms with Gasteiger partial charge in [-0.25, -0.2) is 0 Å². The van der Waals surface area contributed by atoms with Crippen molar-refractivity contribution in [2.24, 2.45) is 0 Å². The molecule has 5 aromatic rings. The second-order valence-electron chi connectivity index (χ2n) is 12.1. The molecular formula is C43H44O7. The van der Waals surface area contributed by atoms with E-state index >= 15 is 0 Å². The van der Waals surface area contributed by atoms with Crippen LogP contribution in [-0.4, -0.2) is 45.2 Å². The highest BCUT2D eigenvalue weighted by Gasteiger charge is 2.46. The fourth-order valence-electron chi connectivity index (χ4n) is 5.90. The van der Waals surface area contributed by atoms with Crippen LogP contribution < -0.4 is 9.47 Å². The zero-order valence-corrected chi connectivity index (χ0v) is 28.6. The molecule has 0 saturated carbocycles. The maximum absolute atomic E-state index is 6.88. The molecule has 0 unspecified atom stereocenters. The van der Waals surface area contributed by atoms with Crippen molar-refractivity contribution in [1.82, 2.24) is 0 Å². The van der Waals surface area contributed by atoms with Crippen molar-refractivity contribution >= 4 is 6.08 Å². The monoisotopic (exact) mass is 672 g/mol. The van der Waals surface area contributed by atoms with Gasteiger partial charge in [-0.2, -0.15) is 0 Å². The lowest BCUT2D eigenvalue weighted by Crippen LogP contribution is -2.56. The Hall–Kier alpha value is -4.92. The minimum atomic E-state index is -0.623. The van der Waals surface area contributed by atoms with Crippen molar-refractivity contribution in [2.75, 3.05) is 20.8 Å². The molecule has 0 amide bonds. The maximum atomic E-state index is 6.88. The zero-order valence-electron chi connectivity index (χ0n) is 28.6. The van der Waals surface area contributed by atoms with E-state index in [1.165, 1.54) is 0 Å². The van der Waals surface area contributed by atoms with Crippen LogP contribution in [0.25, 0.3) is 6.08 Å². The average Bonchev–Trinajstić information content (AvgIpc) is 3.17. The van der Waals surface area contributed by atoms with Gasteiger partial charge < -0.3 is 33.2 Å². The van der Waals surface area contributed by atoms with Gasteiger partial charge in [-0.15, -0.1) is 0 Å². The van der Waals surface area contributed by atoms with E-state index in [0.29, 0.717) is 43.7 Å². The maximum Gasteiger partial charge on any atom is 0.150 e. The average molecular weight is 673 g/mol. The molecule has 1 heterocycles. The number of ether oxygens (including phenoxy) is 7. The second kappa shape index (κ2) is 18.2. The van der Waals surface area contributed by atoms with Gasteiger partial charge in [-0.1, -0.05) is 121 Å². The molecule has 7 heteroatoms. The van der Waals surface area contributed by atoms with Gasteiger partial charge in [-0.05, 0) is 46.0 Å². The first-order valence-corrected chi connectivity index (χ1v) is 16.9. The van der Waals surface area contributed by atoms with E-state index in [1.807, 2.05) is 121 Å². The van der Waals surface area contributed by atoms with Gasteiger partial charge in [0.2, 0.25) is 0 Å². The summed E-state index contributed by atoms with van der Waals surface area (Å²) in [5, 5.41) is 0. The van der Waals surface area contributed by atoms with E-state index in [9.17, 15) is 0 Å². The van der Waals surface area contributed by atoms with Crippen LogP contribution in [0.15, 0.2) is 145 Å². The van der Waals surface area contributed by atoms with E-state index in [1.54, 1.807) is 14.2 Å². The van der Waals surface area contributed by atoms with Crippen LogP contribution in [0.4, 0.5) is 0 Å². The van der Waals surface area contributed by atoms with Crippen molar-refractivity contribution in [1.29, 1.82) is 0 Å². The Morgan fingerprint density at radius 1 is 0.520 bits per heavy atom. The quantitative estimate of drug-likeness (QED) is 0.104. The minimum absolute atomic E-state index is 0.268. The Labute approximate surface area is 295 Å². The highest BCUT2D eigenvalue weighted by molar-refractivity contribution is 5.58. The predicted octanol–water partition coefficient (Wildman–Crippen LogP) is 8.42. The van der Waals surface area contributed by atoms with Gasteiger partial charge >= 0.3 is 0 Å². The summed E-state index contributed by atoms with van der Waals surface area (Å²) in [6.07, 6.45) is -0.259. The molecule has 0 radical (unpaired) electrons. The third kappa shape index (κ3) is 9.83. The van der Waals surface area contributed by atoms with Crippen LogP contribution in [0.3, 0.4) is 0 Å². The van der Waals surface area contributed by atoms with Gasteiger partial charge in [0, 0.05) is 6.07 Å². The van der Waals surface area contributed by atoms with Gasteiger partial charge in [0.25, 0.3) is 0 Å². The van der Waals surface area contributed by atoms with Crippen LogP contribution >= 0.6 is 0 Å². The largest absolute Gasteiger partial charge is 0.497 e. The first kappa shape index (κ1) is 34.9. The first-order chi connectivity index (χ1) is 24.7. The van der Waals surface area contributed by atoms with Crippen LogP contribution in [0.2, 0.25) is 0 Å². The van der Waals surface area contributed by atoms with Gasteiger partial charge in [-0.3, -0.25) is 0 Å². The minimum Gasteiger partial charge on any atom is -0.497 e. The van der Waals surface area contributed by atoms with Gasteiger partial charge in [0.05, 0.1) is 47.3 Å². The molecule has 1 fully saturated rings. The molecule has 7 nitrogen and oxygen atoms in total. The molecule has 0 N–H and O–H groups in total. The number of methoxy groups -OCH3 is 2. The molecule has 50 heavy (non-hydrogen) atoms. The van der Waals surface area contributed by atoms with Crippen molar-refractivity contribution in [3.8, 4) is 11.5 Å². The molecule has 1 saturated heterocycles. The van der Waals surface area contributed by atoms with E-state index in [0.717, 1.165) is 27.8 Å². The van der Waals surface area contributed by atoms with Gasteiger partial charge in [0.1, 0.15) is 35.6 Å². The van der Waals surface area contributed by atoms with E-state index in [-0.39, 0.29) is 6.61 Å². The standard InChI is InChI=1S/C43H44O7/c1-44-37-23-36(24-38(26-37)45-2)25-39-41(47-28-33-17-9-4-10-18-33)43(49-30-35-21-13-6-14-22-35)42(48-29-34-19-11-5-12-20-34)40(50-39)31-46-27-32-15-7-3-8-16-32/h3-26,40-43H,27-31H2,1-2H3/t40-,41+,42-,43-/m1/s1. The Morgan fingerprint density at radius 2 is 0.960 bits per heavy atom. The molecule has 0 spiro atoms. The number of benzene rings is 5. The molecule has 0 aliphatic carbocycles. The third-order valence-electron chi connectivity index (χ3n) is 8.48. The second-order valence-corrected chi connectivity index (χ2v) is 12.1. The molecule has 0 bridgehead atoms. The van der Waals surface area contributed by atoms with Crippen molar-refractivity contribution in [3.63, 3.8) is 0 Å². The van der Waals surface area contributed by atoms with Crippen LogP contribution in [0.1, 0.15) is 27.8 Å². The topological polar surface area (TPSA) is 64.6 Å². The normalized spacial score (nSPS) is 19.5. The summed E-state index contributed by atoms with van der Waals surface area (Å²) < 4.78 is 44.8. The lowest BCUT2D eigenvalue weighted by atomic mass is 9.95. The summed E-state index contributed by atoms with van der Waals surface area (Å²) in [5.41, 5.74) is 5.03. The van der Waals surface area contributed by atoms with E-state index in [2.05, 4.69) is 24.3 Å². The fraction of sp³-hybridized carbons (Fsp3) is 0.256. The Kier molecular flexibility index (Phi) is 12.7. The summed E-state index contributed by atoms with van der Waals surface area (Å²) >= 11 is 0. The first-order valence-electron chi connectivity index (χ1n) is 16.9. The van der Waals surface area contributed by atoms with Crippen molar-refractivity contribution < 1.29 is 33.2 Å². The van der Waals surface area contributed by atoms with Crippen LogP contribution in [0, 0.1) is 0 Å². The summed E-state index contributed by atoms with van der Waals surface area (Å²) in [4.78, 5) is 0. The Balaban J connectivity index is 1.38. The lowest BCUT2D eigenvalue weighted by molar-refractivity contribution is -0.222. The Morgan fingerprint density at radius 3 is 1.44 bits per heavy atom. The number of rotatable bonds is 16. The molecule has 1 aliphatic rings. The summed E-state index contributed by atoms with van der Waals surface area (Å²) in [6, 6.07) is 46.2. The highest BCUT2D eigenvalue weighted by atomic mass is 16.6. The van der Waals surface area contributed by atoms with Crippen molar-refractivity contribution in [3.05, 3.63) is 173 Å². The molecule has 5 aromatic carbocycles. The number of hydrogen-bond acceptors (Lipinski definition) is 7. The van der Waals surface area contributed by atoms with Crippen LogP contribution in [-0.2, 0) is 50.1 Å². The van der Waals surface area contributed by atoms with Gasteiger partial charge in [0.15, 0.2) is 6.10 Å². The van der Waals surface area contributed by atoms with Crippen LogP contribution in [0.5, 0.6) is 11.5 Å². The fourth-order valence-corrected chi connectivity index (χ4v) is 5.90. The third-order valence-corrected chi connectivity index (χ3v) is 8.48. The van der Waals surface area contributed by atoms with E-state index < -0.39 is 24.4 Å². The summed E-state index contributed by atoms with van der Waals surface area (Å²) in [5.74, 6) is 1.93. The summed E-state index contributed by atoms with van der Waals surface area (Å²) in [6.45, 7) is 1.78. The molecule has 0 aromatic heterocycles. The molecular weight excluding hydrogens is 628 g/mol.